The number of halogens is 1. The zero-order valence-corrected chi connectivity index (χ0v) is 11.4. The second-order valence-corrected chi connectivity index (χ2v) is 6.50. The van der Waals surface area contributed by atoms with Gasteiger partial charge in [0.05, 0.1) is 11.3 Å². The van der Waals surface area contributed by atoms with Gasteiger partial charge in [-0.1, -0.05) is 0 Å². The highest BCUT2D eigenvalue weighted by Crippen LogP contribution is 2.69. The summed E-state index contributed by atoms with van der Waals surface area (Å²) in [7, 11) is 0. The molecule has 0 aliphatic heterocycles. The van der Waals surface area contributed by atoms with Gasteiger partial charge in [-0.05, 0) is 61.1 Å². The number of carboxylic acids is 1. The van der Waals surface area contributed by atoms with Gasteiger partial charge in [0.15, 0.2) is 0 Å². The number of anilines is 1. The standard InChI is InChI=1S/C16H16FNO3/c17-9-3-4-10(16(20)21)11(6-9)18-15(19)14-12-7-1-2-8(5-7)13(12)14/h3-4,6-8,12-14H,1-2,5H2,(H,18,19)(H,20,21). The quantitative estimate of drug-likeness (QED) is 0.899. The molecule has 2 N–H and O–H groups in total. The third kappa shape index (κ3) is 1.87. The summed E-state index contributed by atoms with van der Waals surface area (Å²) in [5, 5.41) is 11.7. The Bertz CT molecular complexity index is 628. The highest BCUT2D eigenvalue weighted by Gasteiger charge is 2.67. The number of nitrogens with one attached hydrogen (secondary N) is 1. The van der Waals surface area contributed by atoms with Gasteiger partial charge in [-0.2, -0.15) is 0 Å². The topological polar surface area (TPSA) is 66.4 Å². The van der Waals surface area contributed by atoms with Crippen LogP contribution in [0.15, 0.2) is 18.2 Å². The van der Waals surface area contributed by atoms with E-state index in [4.69, 9.17) is 5.11 Å². The van der Waals surface area contributed by atoms with Crippen molar-refractivity contribution in [1.29, 1.82) is 0 Å². The molecular weight excluding hydrogens is 273 g/mol. The van der Waals surface area contributed by atoms with Crippen LogP contribution in [0.1, 0.15) is 29.6 Å². The van der Waals surface area contributed by atoms with Crippen molar-refractivity contribution in [3.63, 3.8) is 0 Å². The van der Waals surface area contributed by atoms with Gasteiger partial charge in [-0.25, -0.2) is 9.18 Å². The lowest BCUT2D eigenvalue weighted by molar-refractivity contribution is -0.118. The molecule has 5 heteroatoms. The molecule has 2 bridgehead atoms. The van der Waals surface area contributed by atoms with Crippen LogP contribution in [-0.2, 0) is 4.79 Å². The Morgan fingerprint density at radius 3 is 2.48 bits per heavy atom. The number of aromatic carboxylic acids is 1. The first-order valence-corrected chi connectivity index (χ1v) is 7.40. The summed E-state index contributed by atoms with van der Waals surface area (Å²) in [5.74, 6) is 0.434. The summed E-state index contributed by atoms with van der Waals surface area (Å²) in [6.07, 6.45) is 3.69. The van der Waals surface area contributed by atoms with Crippen molar-refractivity contribution in [3.8, 4) is 0 Å². The summed E-state index contributed by atoms with van der Waals surface area (Å²) < 4.78 is 13.3. The minimum absolute atomic E-state index is 0.00108. The summed E-state index contributed by atoms with van der Waals surface area (Å²) in [5.41, 5.74) is -0.0108. The lowest BCUT2D eigenvalue weighted by Crippen LogP contribution is -2.20. The molecule has 4 nitrogen and oxygen atoms in total. The number of amides is 1. The van der Waals surface area contributed by atoms with Crippen LogP contribution < -0.4 is 5.32 Å². The largest absolute Gasteiger partial charge is 0.478 e. The number of carbonyl (C=O) groups excluding carboxylic acids is 1. The van der Waals surface area contributed by atoms with Crippen LogP contribution in [-0.4, -0.2) is 17.0 Å². The van der Waals surface area contributed by atoms with E-state index in [1.54, 1.807) is 0 Å². The first-order chi connectivity index (χ1) is 10.1. The number of rotatable bonds is 3. The van der Waals surface area contributed by atoms with Crippen LogP contribution in [0.5, 0.6) is 0 Å². The van der Waals surface area contributed by atoms with E-state index in [0.29, 0.717) is 23.7 Å². The van der Waals surface area contributed by atoms with Gasteiger partial charge in [0.2, 0.25) is 5.91 Å². The second kappa shape index (κ2) is 4.29. The van der Waals surface area contributed by atoms with Gasteiger partial charge in [0.1, 0.15) is 5.82 Å². The first-order valence-electron chi connectivity index (χ1n) is 7.40. The Morgan fingerprint density at radius 2 is 1.86 bits per heavy atom. The molecule has 4 rings (SSSR count). The number of benzene rings is 1. The molecule has 4 unspecified atom stereocenters. The predicted molar refractivity (Wildman–Crippen MR) is 73.3 cm³/mol. The van der Waals surface area contributed by atoms with E-state index in [-0.39, 0.29) is 23.1 Å². The molecule has 1 aromatic rings. The Labute approximate surface area is 121 Å². The molecule has 0 radical (unpaired) electrons. The second-order valence-electron chi connectivity index (χ2n) is 6.50. The van der Waals surface area contributed by atoms with Gasteiger partial charge >= 0.3 is 5.97 Å². The van der Waals surface area contributed by atoms with Crippen molar-refractivity contribution in [3.05, 3.63) is 29.6 Å². The van der Waals surface area contributed by atoms with Gasteiger partial charge in [0, 0.05) is 5.92 Å². The van der Waals surface area contributed by atoms with Crippen LogP contribution in [0.25, 0.3) is 0 Å². The van der Waals surface area contributed by atoms with Crippen LogP contribution in [0.3, 0.4) is 0 Å². The Balaban J connectivity index is 1.53. The highest BCUT2D eigenvalue weighted by molar-refractivity contribution is 6.02. The number of hydrogen-bond acceptors (Lipinski definition) is 2. The molecule has 0 spiro atoms. The van der Waals surface area contributed by atoms with Crippen molar-refractivity contribution in [2.75, 3.05) is 5.32 Å². The molecule has 3 fully saturated rings. The van der Waals surface area contributed by atoms with E-state index in [0.717, 1.165) is 12.1 Å². The van der Waals surface area contributed by atoms with Gasteiger partial charge in [0.25, 0.3) is 0 Å². The summed E-state index contributed by atoms with van der Waals surface area (Å²) >= 11 is 0. The molecule has 3 aliphatic rings. The summed E-state index contributed by atoms with van der Waals surface area (Å²) in [6.45, 7) is 0. The molecule has 1 amide bonds. The normalized spacial score (nSPS) is 35.4. The van der Waals surface area contributed by atoms with Crippen LogP contribution in [0, 0.1) is 35.4 Å². The van der Waals surface area contributed by atoms with Crippen molar-refractivity contribution >= 4 is 17.6 Å². The van der Waals surface area contributed by atoms with Crippen LogP contribution in [0.4, 0.5) is 10.1 Å². The van der Waals surface area contributed by atoms with E-state index in [1.165, 1.54) is 25.3 Å². The van der Waals surface area contributed by atoms with Gasteiger partial charge in [-0.3, -0.25) is 4.79 Å². The predicted octanol–water partition coefficient (Wildman–Crippen LogP) is 2.75. The molecule has 3 aliphatic carbocycles. The Kier molecular flexibility index (Phi) is 2.62. The first kappa shape index (κ1) is 12.8. The van der Waals surface area contributed by atoms with E-state index < -0.39 is 11.8 Å². The zero-order chi connectivity index (χ0) is 14.7. The Morgan fingerprint density at radius 1 is 1.19 bits per heavy atom. The van der Waals surface area contributed by atoms with E-state index in [2.05, 4.69) is 5.32 Å². The molecule has 4 atom stereocenters. The maximum absolute atomic E-state index is 13.3. The fourth-order valence-corrected chi connectivity index (χ4v) is 4.70. The smallest absolute Gasteiger partial charge is 0.337 e. The molecule has 110 valence electrons. The fourth-order valence-electron chi connectivity index (χ4n) is 4.70. The lowest BCUT2D eigenvalue weighted by atomic mass is 10.0. The third-order valence-corrected chi connectivity index (χ3v) is 5.51. The fraction of sp³-hybridized carbons (Fsp3) is 0.500. The molecule has 0 aromatic heterocycles. The van der Waals surface area contributed by atoms with Crippen LogP contribution in [0.2, 0.25) is 0 Å². The third-order valence-electron chi connectivity index (χ3n) is 5.51. The van der Waals surface area contributed by atoms with Crippen molar-refractivity contribution in [1.82, 2.24) is 0 Å². The summed E-state index contributed by atoms with van der Waals surface area (Å²) in [6, 6.07) is 3.35. The minimum Gasteiger partial charge on any atom is -0.478 e. The number of carboxylic acid groups (broad SMARTS) is 1. The van der Waals surface area contributed by atoms with E-state index in [9.17, 15) is 14.0 Å². The molecule has 0 heterocycles. The average molecular weight is 289 g/mol. The van der Waals surface area contributed by atoms with E-state index >= 15 is 0 Å². The number of carbonyl (C=O) groups is 2. The number of hydrogen-bond donors (Lipinski definition) is 2. The maximum Gasteiger partial charge on any atom is 0.337 e. The zero-order valence-electron chi connectivity index (χ0n) is 11.4. The van der Waals surface area contributed by atoms with Crippen molar-refractivity contribution in [2.24, 2.45) is 29.6 Å². The molecule has 3 saturated carbocycles. The van der Waals surface area contributed by atoms with E-state index in [1.807, 2.05) is 0 Å². The highest BCUT2D eigenvalue weighted by atomic mass is 19.1. The molecular formula is C16H16FNO3. The maximum atomic E-state index is 13.3. The van der Waals surface area contributed by atoms with Gasteiger partial charge in [-0.15, -0.1) is 0 Å². The minimum atomic E-state index is -1.17. The molecule has 21 heavy (non-hydrogen) atoms. The van der Waals surface area contributed by atoms with Gasteiger partial charge < -0.3 is 10.4 Å². The van der Waals surface area contributed by atoms with Crippen LogP contribution >= 0.6 is 0 Å². The van der Waals surface area contributed by atoms with Crippen molar-refractivity contribution in [2.45, 2.75) is 19.3 Å². The average Bonchev–Trinajstić information content (AvgIpc) is 2.88. The Hall–Kier alpha value is -1.91. The summed E-state index contributed by atoms with van der Waals surface area (Å²) in [4.78, 5) is 23.5. The lowest BCUT2D eigenvalue weighted by Gasteiger charge is -2.11. The SMILES string of the molecule is O=C(O)c1ccc(F)cc1NC(=O)C1C2C3CCC(C3)C12. The molecule has 0 saturated heterocycles. The number of fused-ring (bicyclic) bond motifs is 5. The monoisotopic (exact) mass is 289 g/mol. The van der Waals surface area contributed by atoms with Crippen molar-refractivity contribution < 1.29 is 19.1 Å². The molecule has 1 aromatic carbocycles.